The Morgan fingerprint density at radius 1 is 0.325 bits per heavy atom. The van der Waals surface area contributed by atoms with E-state index in [1.165, 1.54) is 0 Å². The third-order valence-corrected chi connectivity index (χ3v) is 6.36. The SMILES string of the molecule is [2H]c1cc([2H])c2c(-c3c4c([2H])c([2H])c([2H])c([2H])c4c(-c4c([2H])c([2H])c(-c5c([2H])c([2H])c6c([2H])c([2H])c([2H])c([2H])c6c5[2H])c([2H])c4[2H])c4c([2H])c([2H])c([2H])c([2H])c34)c([2H])c([2H])c([2H])c2c1[2H]. The monoisotopic (exact) mass is 531 g/mol. The molecule has 0 saturated carbocycles. The fraction of sp³-hybridized carbons (Fsp3) is 0. The fourth-order valence-corrected chi connectivity index (χ4v) is 4.64. The number of rotatable bonds is 3. The third kappa shape index (κ3) is 3.61. The van der Waals surface area contributed by atoms with Crippen LogP contribution in [-0.4, -0.2) is 0 Å². The van der Waals surface area contributed by atoms with Crippen molar-refractivity contribution in [2.45, 2.75) is 0 Å². The molecule has 0 bridgehead atoms. The van der Waals surface area contributed by atoms with Gasteiger partial charge in [0.05, 0.1) is 34.3 Å². The minimum absolute atomic E-state index is 0.452. The van der Waals surface area contributed by atoms with Crippen LogP contribution in [0.25, 0.3) is 76.5 Å². The Balaban J connectivity index is 1.68. The molecule has 0 aliphatic heterocycles. The quantitative estimate of drug-likeness (QED) is 0.199. The van der Waals surface area contributed by atoms with E-state index in [0.29, 0.717) is 0 Å². The van der Waals surface area contributed by atoms with E-state index < -0.39 is 228 Å². The largest absolute Gasteiger partial charge is 0.0636 e. The van der Waals surface area contributed by atoms with Gasteiger partial charge in [-0.15, -0.1) is 0 Å². The normalized spacial score (nSPS) is 20.2. The van der Waals surface area contributed by atoms with E-state index in [-0.39, 0.29) is 0 Å². The van der Waals surface area contributed by atoms with E-state index in [4.69, 9.17) is 21.9 Å². The molecule has 0 N–H and O–H groups in total. The average molecular weight is 532 g/mol. The summed E-state index contributed by atoms with van der Waals surface area (Å²) in [5.74, 6) is 0. The standard InChI is InChI=1S/C40H26/c1-2-12-31-26-32(25-22-27(31)10-1)28-20-23-30(24-21-28)39-35-15-5-7-17-37(35)40(38-18-8-6-16-36(38)39)34-19-9-13-29-11-3-4-14-33(29)34/h1-26H/i1D,2D,3D,5D,6D,7D,8D,9D,10D,11D,12D,13D,14D,15D,16D,17D,18D,19D,20D,21D,22D,23D,24D,25D,26D. The third-order valence-electron chi connectivity index (χ3n) is 6.36. The van der Waals surface area contributed by atoms with E-state index in [9.17, 15) is 12.3 Å². The van der Waals surface area contributed by atoms with E-state index in [0.717, 1.165) is 6.07 Å². The smallest absolute Gasteiger partial charge is 0.0616 e. The molecule has 8 rings (SSSR count). The van der Waals surface area contributed by atoms with Crippen molar-refractivity contribution in [1.29, 1.82) is 0 Å². The summed E-state index contributed by atoms with van der Waals surface area (Å²) >= 11 is 0. The highest BCUT2D eigenvalue weighted by molar-refractivity contribution is 6.23. The van der Waals surface area contributed by atoms with Crippen molar-refractivity contribution < 1.29 is 34.3 Å². The van der Waals surface area contributed by atoms with Gasteiger partial charge in [0.15, 0.2) is 0 Å². The van der Waals surface area contributed by atoms with Crippen LogP contribution in [0.3, 0.4) is 0 Å². The molecule has 0 amide bonds. The van der Waals surface area contributed by atoms with Crippen LogP contribution < -0.4 is 0 Å². The molecule has 40 heavy (non-hydrogen) atoms. The molecule has 8 aromatic carbocycles. The number of hydrogen-bond acceptors (Lipinski definition) is 0. The van der Waals surface area contributed by atoms with Crippen LogP contribution in [0.5, 0.6) is 0 Å². The molecule has 0 atom stereocenters. The maximum Gasteiger partial charge on any atom is 0.0636 e. The van der Waals surface area contributed by atoms with E-state index >= 15 is 0 Å². The lowest BCUT2D eigenvalue weighted by Crippen LogP contribution is -1.91. The Labute approximate surface area is 268 Å². The first-order chi connectivity index (χ1) is 30.3. The van der Waals surface area contributed by atoms with E-state index in [1.807, 2.05) is 0 Å². The van der Waals surface area contributed by atoms with Crippen LogP contribution in [-0.2, 0) is 0 Å². The van der Waals surface area contributed by atoms with Crippen LogP contribution >= 0.6 is 0 Å². The molecule has 186 valence electrons. The molecule has 0 heteroatoms. The summed E-state index contributed by atoms with van der Waals surface area (Å²) in [5, 5.41) is -4.69. The lowest BCUT2D eigenvalue weighted by molar-refractivity contribution is 1.63. The van der Waals surface area contributed by atoms with Crippen LogP contribution in [0.2, 0.25) is 0 Å². The lowest BCUT2D eigenvalue weighted by atomic mass is 9.84. The van der Waals surface area contributed by atoms with Crippen LogP contribution in [0.1, 0.15) is 34.3 Å². The van der Waals surface area contributed by atoms with Gasteiger partial charge in [-0.1, -0.05) is 151 Å². The molecule has 0 radical (unpaired) electrons. The molecule has 0 spiro atoms. The zero-order valence-electron chi connectivity index (χ0n) is 45.1. The highest BCUT2D eigenvalue weighted by atomic mass is 14.2. The molecule has 0 nitrogen and oxygen atoms in total. The van der Waals surface area contributed by atoms with Crippen LogP contribution in [0.4, 0.5) is 0 Å². The van der Waals surface area contributed by atoms with Crippen molar-refractivity contribution >= 4 is 43.1 Å². The Bertz CT molecular complexity index is 3490. The Kier molecular flexibility index (Phi) is 2.05. The summed E-state index contributed by atoms with van der Waals surface area (Å²) in [5.41, 5.74) is -4.23. The van der Waals surface area contributed by atoms with Crippen molar-refractivity contribution in [3.8, 4) is 33.4 Å². The average Bonchev–Trinajstić information content (AvgIpc) is 3.26. The fourth-order valence-electron chi connectivity index (χ4n) is 4.64. The first-order valence-electron chi connectivity index (χ1n) is 24.3. The van der Waals surface area contributed by atoms with Gasteiger partial charge in [-0.3, -0.25) is 0 Å². The van der Waals surface area contributed by atoms with Gasteiger partial charge >= 0.3 is 0 Å². The van der Waals surface area contributed by atoms with Gasteiger partial charge in [0.2, 0.25) is 0 Å². The number of hydrogen-bond donors (Lipinski definition) is 0. The molecular weight excluding hydrogens is 480 g/mol. The zero-order chi connectivity index (χ0) is 48.2. The van der Waals surface area contributed by atoms with E-state index in [1.54, 1.807) is 0 Å². The lowest BCUT2D eigenvalue weighted by Gasteiger charge is -2.19. The Morgan fingerprint density at radius 2 is 0.875 bits per heavy atom. The first-order valence-corrected chi connectivity index (χ1v) is 11.8. The Morgan fingerprint density at radius 3 is 1.60 bits per heavy atom. The molecule has 0 aromatic heterocycles. The van der Waals surface area contributed by atoms with Crippen LogP contribution in [0, 0.1) is 0 Å². The predicted octanol–water partition coefficient (Wildman–Crippen LogP) is 11.3. The molecule has 0 aliphatic carbocycles. The molecule has 0 aliphatic rings. The summed E-state index contributed by atoms with van der Waals surface area (Å²) < 4.78 is 222. The van der Waals surface area contributed by atoms with Crippen molar-refractivity contribution in [2.75, 3.05) is 0 Å². The summed E-state index contributed by atoms with van der Waals surface area (Å²) in [6.45, 7) is 0. The topological polar surface area (TPSA) is 0 Å². The summed E-state index contributed by atoms with van der Waals surface area (Å²) in [6, 6.07) is -20.8. The van der Waals surface area contributed by atoms with Gasteiger partial charge in [0, 0.05) is 0 Å². The molecule has 8 aromatic rings. The van der Waals surface area contributed by atoms with E-state index in [2.05, 4.69) is 0 Å². The molecule has 0 fully saturated rings. The van der Waals surface area contributed by atoms with Gasteiger partial charge in [-0.2, -0.15) is 0 Å². The van der Waals surface area contributed by atoms with Crippen molar-refractivity contribution in [3.63, 3.8) is 0 Å². The van der Waals surface area contributed by atoms with Gasteiger partial charge in [-0.25, -0.2) is 0 Å². The van der Waals surface area contributed by atoms with Crippen molar-refractivity contribution in [1.82, 2.24) is 0 Å². The minimum atomic E-state index is -1.05. The minimum Gasteiger partial charge on any atom is -0.0616 e. The predicted molar refractivity (Wildman–Crippen MR) is 173 cm³/mol. The Hall–Kier alpha value is -5.20. The highest BCUT2D eigenvalue weighted by Gasteiger charge is 2.17. The van der Waals surface area contributed by atoms with Crippen molar-refractivity contribution in [3.05, 3.63) is 157 Å². The summed E-state index contributed by atoms with van der Waals surface area (Å²) in [6.07, 6.45) is 0. The molecule has 0 unspecified atom stereocenters. The van der Waals surface area contributed by atoms with Gasteiger partial charge in [0.1, 0.15) is 0 Å². The second-order valence-corrected chi connectivity index (χ2v) is 8.56. The number of benzene rings is 8. The molecule has 0 heterocycles. The summed E-state index contributed by atoms with van der Waals surface area (Å²) in [7, 11) is 0. The second-order valence-electron chi connectivity index (χ2n) is 8.56. The highest BCUT2D eigenvalue weighted by Crippen LogP contribution is 2.45. The number of fused-ring (bicyclic) bond motifs is 4. The van der Waals surface area contributed by atoms with Gasteiger partial charge in [0.25, 0.3) is 0 Å². The maximum absolute atomic E-state index is 9.43. The first kappa shape index (κ1) is 8.91. The van der Waals surface area contributed by atoms with Gasteiger partial charge < -0.3 is 0 Å². The summed E-state index contributed by atoms with van der Waals surface area (Å²) in [4.78, 5) is 0. The zero-order valence-corrected chi connectivity index (χ0v) is 20.1. The molecule has 0 saturated heterocycles. The van der Waals surface area contributed by atoms with Crippen LogP contribution in [0.15, 0.2) is 157 Å². The second kappa shape index (κ2) is 9.22. The maximum atomic E-state index is 9.43. The molecular formula is C40H26. The van der Waals surface area contributed by atoms with Gasteiger partial charge in [-0.05, 0) is 82.5 Å². The van der Waals surface area contributed by atoms with Crippen molar-refractivity contribution in [2.24, 2.45) is 0 Å².